The van der Waals surface area contributed by atoms with Crippen molar-refractivity contribution in [2.24, 2.45) is 5.84 Å². The molecule has 0 aliphatic carbocycles. The third kappa shape index (κ3) is 3.78. The molecule has 0 saturated heterocycles. The number of nitrogens with one attached hydrogen (secondary N) is 1. The fourth-order valence-electron chi connectivity index (χ4n) is 1.73. The predicted molar refractivity (Wildman–Crippen MR) is 73.3 cm³/mol. The number of hydrogen-bond donors (Lipinski definition) is 3. The highest BCUT2D eigenvalue weighted by molar-refractivity contribution is 7.14. The van der Waals surface area contributed by atoms with Crippen molar-refractivity contribution in [3.8, 4) is 0 Å². The van der Waals surface area contributed by atoms with Gasteiger partial charge in [-0.15, -0.1) is 11.3 Å². The highest BCUT2D eigenvalue weighted by Gasteiger charge is 2.15. The summed E-state index contributed by atoms with van der Waals surface area (Å²) >= 11 is 1.44. The number of thiophene rings is 1. The third-order valence-electron chi connectivity index (χ3n) is 2.87. The first kappa shape index (κ1) is 15.1. The van der Waals surface area contributed by atoms with Gasteiger partial charge in [-0.25, -0.2) is 5.84 Å². The molecule has 102 valence electrons. The van der Waals surface area contributed by atoms with Crippen LogP contribution in [0.2, 0.25) is 0 Å². The third-order valence-corrected chi connectivity index (χ3v) is 3.96. The summed E-state index contributed by atoms with van der Waals surface area (Å²) in [6.45, 7) is 7.67. The van der Waals surface area contributed by atoms with Crippen molar-refractivity contribution in [3.05, 3.63) is 21.4 Å². The smallest absolute Gasteiger partial charge is 0.275 e. The van der Waals surface area contributed by atoms with Gasteiger partial charge in [-0.3, -0.25) is 15.1 Å². The lowest BCUT2D eigenvalue weighted by Crippen LogP contribution is -2.33. The summed E-state index contributed by atoms with van der Waals surface area (Å²) in [5, 5.41) is 9.04. The van der Waals surface area contributed by atoms with Gasteiger partial charge in [0.1, 0.15) is 0 Å². The Balaban J connectivity index is 2.83. The first-order valence-corrected chi connectivity index (χ1v) is 6.76. The Morgan fingerprint density at radius 1 is 1.61 bits per heavy atom. The average Bonchev–Trinajstić information content (AvgIpc) is 2.69. The number of rotatable bonds is 6. The van der Waals surface area contributed by atoms with Gasteiger partial charge in [0.05, 0.1) is 11.5 Å². The van der Waals surface area contributed by atoms with E-state index in [0.29, 0.717) is 17.5 Å². The van der Waals surface area contributed by atoms with E-state index in [9.17, 15) is 4.79 Å². The van der Waals surface area contributed by atoms with E-state index in [1.165, 1.54) is 11.3 Å². The molecule has 6 heteroatoms. The van der Waals surface area contributed by atoms with Crippen molar-refractivity contribution in [1.29, 1.82) is 0 Å². The van der Waals surface area contributed by atoms with Gasteiger partial charge in [0.25, 0.3) is 5.91 Å². The zero-order valence-electron chi connectivity index (χ0n) is 11.1. The zero-order valence-corrected chi connectivity index (χ0v) is 11.9. The maximum absolute atomic E-state index is 11.4. The maximum atomic E-state index is 11.4. The van der Waals surface area contributed by atoms with Crippen LogP contribution in [0.15, 0.2) is 6.07 Å². The van der Waals surface area contributed by atoms with Gasteiger partial charge in [-0.05, 0) is 32.4 Å². The Kier molecular flexibility index (Phi) is 5.74. The van der Waals surface area contributed by atoms with Crippen LogP contribution in [0.4, 0.5) is 0 Å². The van der Waals surface area contributed by atoms with E-state index < -0.39 is 0 Å². The summed E-state index contributed by atoms with van der Waals surface area (Å²) in [6.07, 6.45) is 0. The van der Waals surface area contributed by atoms with Gasteiger partial charge in [0, 0.05) is 24.0 Å². The molecule has 0 unspecified atom stereocenters. The predicted octanol–water partition coefficient (Wildman–Crippen LogP) is 0.863. The molecule has 0 bridgehead atoms. The zero-order chi connectivity index (χ0) is 13.7. The minimum absolute atomic E-state index is 0.136. The first-order chi connectivity index (χ1) is 8.49. The molecular formula is C12H21N3O2S. The molecule has 1 aromatic rings. The molecule has 5 nitrogen and oxygen atoms in total. The highest BCUT2D eigenvalue weighted by Crippen LogP contribution is 2.23. The van der Waals surface area contributed by atoms with Crippen molar-refractivity contribution in [3.63, 3.8) is 0 Å². The Morgan fingerprint density at radius 3 is 2.78 bits per heavy atom. The number of nitrogen functional groups attached to an aromatic ring is 1. The van der Waals surface area contributed by atoms with E-state index in [1.54, 1.807) is 0 Å². The lowest BCUT2D eigenvalue weighted by atomic mass is 10.2. The van der Waals surface area contributed by atoms with Crippen LogP contribution in [0.3, 0.4) is 0 Å². The van der Waals surface area contributed by atoms with E-state index in [2.05, 4.69) is 24.2 Å². The van der Waals surface area contributed by atoms with Crippen molar-refractivity contribution < 1.29 is 9.90 Å². The van der Waals surface area contributed by atoms with Crippen LogP contribution in [0, 0.1) is 6.92 Å². The monoisotopic (exact) mass is 271 g/mol. The van der Waals surface area contributed by atoms with Crippen LogP contribution < -0.4 is 11.3 Å². The number of nitrogens with zero attached hydrogens (tertiary/aromatic N) is 1. The number of carbonyl (C=O) groups excluding carboxylic acids is 1. The largest absolute Gasteiger partial charge is 0.395 e. The van der Waals surface area contributed by atoms with Crippen LogP contribution in [0.25, 0.3) is 0 Å². The van der Waals surface area contributed by atoms with E-state index in [1.807, 2.05) is 13.0 Å². The number of amides is 1. The number of aryl methyl sites for hydroxylation is 1. The standard InChI is InChI=1S/C12H21N3O2S/c1-8(2)15(4-5-16)7-10-6-11(12(17)14-13)18-9(10)3/h6,8,16H,4-5,7,13H2,1-3H3,(H,14,17). The van der Waals surface area contributed by atoms with Crippen LogP contribution in [-0.4, -0.2) is 35.1 Å². The topological polar surface area (TPSA) is 78.6 Å². The van der Waals surface area contributed by atoms with Crippen molar-refractivity contribution in [1.82, 2.24) is 10.3 Å². The van der Waals surface area contributed by atoms with E-state index in [4.69, 9.17) is 10.9 Å². The van der Waals surface area contributed by atoms with Crippen molar-refractivity contribution in [2.75, 3.05) is 13.2 Å². The number of carbonyl (C=O) groups is 1. The molecule has 18 heavy (non-hydrogen) atoms. The SMILES string of the molecule is Cc1sc(C(=O)NN)cc1CN(CCO)C(C)C. The lowest BCUT2D eigenvalue weighted by Gasteiger charge is -2.25. The summed E-state index contributed by atoms with van der Waals surface area (Å²) in [4.78, 5) is 15.3. The minimum atomic E-state index is -0.257. The molecule has 0 aliphatic rings. The molecule has 0 aromatic carbocycles. The highest BCUT2D eigenvalue weighted by atomic mass is 32.1. The van der Waals surface area contributed by atoms with Crippen LogP contribution in [-0.2, 0) is 6.54 Å². The molecule has 0 atom stereocenters. The molecule has 1 amide bonds. The second-order valence-corrected chi connectivity index (χ2v) is 5.71. The molecule has 0 aliphatic heterocycles. The van der Waals surface area contributed by atoms with E-state index >= 15 is 0 Å². The summed E-state index contributed by atoms with van der Waals surface area (Å²) < 4.78 is 0. The van der Waals surface area contributed by atoms with E-state index in [-0.39, 0.29) is 12.5 Å². The van der Waals surface area contributed by atoms with Gasteiger partial charge in [-0.1, -0.05) is 0 Å². The number of hydrogen-bond acceptors (Lipinski definition) is 5. The molecule has 1 heterocycles. The summed E-state index contributed by atoms with van der Waals surface area (Å²) in [7, 11) is 0. The van der Waals surface area contributed by atoms with Crippen molar-refractivity contribution >= 4 is 17.2 Å². The Morgan fingerprint density at radius 2 is 2.28 bits per heavy atom. The van der Waals surface area contributed by atoms with Gasteiger partial charge in [-0.2, -0.15) is 0 Å². The number of hydrazine groups is 1. The summed E-state index contributed by atoms with van der Waals surface area (Å²) in [5.74, 6) is 4.87. The number of aliphatic hydroxyl groups is 1. The maximum Gasteiger partial charge on any atom is 0.275 e. The number of nitrogens with two attached hydrogens (primary N) is 1. The average molecular weight is 271 g/mol. The van der Waals surface area contributed by atoms with Gasteiger partial charge in [0.2, 0.25) is 0 Å². The fourth-order valence-corrected chi connectivity index (χ4v) is 2.66. The summed E-state index contributed by atoms with van der Waals surface area (Å²) in [5.41, 5.74) is 3.25. The molecule has 0 spiro atoms. The lowest BCUT2D eigenvalue weighted by molar-refractivity contribution is 0.0957. The Labute approximate surface area is 112 Å². The molecular weight excluding hydrogens is 250 g/mol. The molecule has 0 saturated carbocycles. The molecule has 1 rings (SSSR count). The Bertz CT molecular complexity index is 404. The van der Waals surface area contributed by atoms with Gasteiger partial charge in [0.15, 0.2) is 0 Å². The van der Waals surface area contributed by atoms with E-state index in [0.717, 1.165) is 17.0 Å². The van der Waals surface area contributed by atoms with Gasteiger partial charge >= 0.3 is 0 Å². The minimum Gasteiger partial charge on any atom is -0.395 e. The van der Waals surface area contributed by atoms with Crippen molar-refractivity contribution in [2.45, 2.75) is 33.4 Å². The molecule has 0 fully saturated rings. The molecule has 4 N–H and O–H groups in total. The van der Waals surface area contributed by atoms with Crippen LogP contribution in [0.1, 0.15) is 34.0 Å². The Hall–Kier alpha value is -0.950. The normalized spacial score (nSPS) is 11.3. The second kappa shape index (κ2) is 6.84. The van der Waals surface area contributed by atoms with Gasteiger partial charge < -0.3 is 5.11 Å². The fraction of sp³-hybridized carbons (Fsp3) is 0.583. The first-order valence-electron chi connectivity index (χ1n) is 5.94. The number of aliphatic hydroxyl groups excluding tert-OH is 1. The second-order valence-electron chi connectivity index (χ2n) is 4.45. The molecule has 0 radical (unpaired) electrons. The van der Waals surface area contributed by atoms with Crippen LogP contribution >= 0.6 is 11.3 Å². The quantitative estimate of drug-likeness (QED) is 0.407. The van der Waals surface area contributed by atoms with Crippen LogP contribution in [0.5, 0.6) is 0 Å². The molecule has 1 aromatic heterocycles. The summed E-state index contributed by atoms with van der Waals surface area (Å²) in [6, 6.07) is 2.22.